The number of halogens is 1. The molecule has 0 nitrogen and oxygen atoms in total. The average Bonchev–Trinajstić information content (AvgIpc) is 2.57. The zero-order valence-corrected chi connectivity index (χ0v) is 8.38. The predicted octanol–water partition coefficient (Wildman–Crippen LogP) is 3.91. The predicted molar refractivity (Wildman–Crippen MR) is 59.7 cm³/mol. The lowest BCUT2D eigenvalue weighted by atomic mass is 10.1. The molecular weight excluding hydrogens is 192 g/mol. The van der Waals surface area contributed by atoms with Crippen molar-refractivity contribution in [3.8, 4) is 11.1 Å². The van der Waals surface area contributed by atoms with Crippen molar-refractivity contribution in [3.05, 3.63) is 58.6 Å². The standard InChI is InChI=1S/C13H9Cl/c14-12-7-3-5-10-8-9-4-1-2-6-11(9)13(10)12/h1-7H,8H2. The Hall–Kier alpha value is -1.27. The van der Waals surface area contributed by atoms with Gasteiger partial charge in [0.15, 0.2) is 0 Å². The number of fused-ring (bicyclic) bond motifs is 3. The molecule has 0 spiro atoms. The Morgan fingerprint density at radius 3 is 2.57 bits per heavy atom. The normalized spacial score (nSPS) is 12.4. The molecule has 1 heteroatoms. The smallest absolute Gasteiger partial charge is 0.0487 e. The Morgan fingerprint density at radius 2 is 1.64 bits per heavy atom. The molecule has 0 amide bonds. The summed E-state index contributed by atoms with van der Waals surface area (Å²) in [6.07, 6.45) is 1.02. The molecule has 0 unspecified atom stereocenters. The maximum atomic E-state index is 6.20. The summed E-state index contributed by atoms with van der Waals surface area (Å²) in [5.41, 5.74) is 5.26. The highest BCUT2D eigenvalue weighted by Gasteiger charge is 2.19. The molecule has 0 N–H and O–H groups in total. The maximum Gasteiger partial charge on any atom is 0.0487 e. The second-order valence-corrected chi connectivity index (χ2v) is 4.02. The Morgan fingerprint density at radius 1 is 0.857 bits per heavy atom. The van der Waals surface area contributed by atoms with Gasteiger partial charge in [-0.1, -0.05) is 48.0 Å². The summed E-state index contributed by atoms with van der Waals surface area (Å²) in [5, 5.41) is 0.868. The van der Waals surface area contributed by atoms with Crippen molar-refractivity contribution in [3.63, 3.8) is 0 Å². The minimum absolute atomic E-state index is 0.868. The van der Waals surface area contributed by atoms with Gasteiger partial charge in [0.2, 0.25) is 0 Å². The molecule has 2 aromatic rings. The van der Waals surface area contributed by atoms with Gasteiger partial charge in [0.25, 0.3) is 0 Å². The van der Waals surface area contributed by atoms with Crippen molar-refractivity contribution in [2.75, 3.05) is 0 Å². The van der Waals surface area contributed by atoms with Crippen LogP contribution in [0.3, 0.4) is 0 Å². The second-order valence-electron chi connectivity index (χ2n) is 3.61. The third kappa shape index (κ3) is 1.01. The van der Waals surface area contributed by atoms with Crippen LogP contribution >= 0.6 is 11.6 Å². The molecule has 0 aliphatic heterocycles. The van der Waals surface area contributed by atoms with Crippen LogP contribution in [0, 0.1) is 0 Å². The molecule has 0 saturated carbocycles. The van der Waals surface area contributed by atoms with E-state index in [0.717, 1.165) is 11.4 Å². The van der Waals surface area contributed by atoms with Crippen LogP contribution in [0.15, 0.2) is 42.5 Å². The van der Waals surface area contributed by atoms with Crippen LogP contribution in [0.1, 0.15) is 11.1 Å². The molecule has 1 aliphatic rings. The first kappa shape index (κ1) is 8.07. The molecule has 0 atom stereocenters. The molecule has 2 aromatic carbocycles. The van der Waals surface area contributed by atoms with Crippen LogP contribution in [0.2, 0.25) is 5.02 Å². The van der Waals surface area contributed by atoms with E-state index in [2.05, 4.69) is 30.3 Å². The molecule has 0 radical (unpaired) electrons. The summed E-state index contributed by atoms with van der Waals surface area (Å²) in [5.74, 6) is 0. The highest BCUT2D eigenvalue weighted by Crippen LogP contribution is 2.40. The van der Waals surface area contributed by atoms with Crippen LogP contribution in [-0.4, -0.2) is 0 Å². The number of benzene rings is 2. The van der Waals surface area contributed by atoms with Gasteiger partial charge in [-0.25, -0.2) is 0 Å². The van der Waals surface area contributed by atoms with Crippen molar-refractivity contribution in [2.24, 2.45) is 0 Å². The van der Waals surface area contributed by atoms with Crippen LogP contribution in [0.25, 0.3) is 11.1 Å². The molecule has 3 rings (SSSR count). The van der Waals surface area contributed by atoms with Crippen molar-refractivity contribution in [2.45, 2.75) is 6.42 Å². The minimum Gasteiger partial charge on any atom is -0.0837 e. The fraction of sp³-hybridized carbons (Fsp3) is 0.0769. The van der Waals surface area contributed by atoms with E-state index in [-0.39, 0.29) is 0 Å². The van der Waals surface area contributed by atoms with Crippen LogP contribution in [0.5, 0.6) is 0 Å². The Bertz CT molecular complexity index is 500. The fourth-order valence-corrected chi connectivity index (χ4v) is 2.44. The Kier molecular flexibility index (Phi) is 1.65. The first-order valence-corrected chi connectivity index (χ1v) is 5.10. The van der Waals surface area contributed by atoms with E-state index in [0.29, 0.717) is 0 Å². The van der Waals surface area contributed by atoms with Crippen LogP contribution in [0.4, 0.5) is 0 Å². The van der Waals surface area contributed by atoms with E-state index in [9.17, 15) is 0 Å². The van der Waals surface area contributed by atoms with Gasteiger partial charge >= 0.3 is 0 Å². The van der Waals surface area contributed by atoms with E-state index < -0.39 is 0 Å². The molecular formula is C13H9Cl. The zero-order valence-electron chi connectivity index (χ0n) is 7.63. The van der Waals surface area contributed by atoms with E-state index in [1.165, 1.54) is 22.3 Å². The zero-order chi connectivity index (χ0) is 9.54. The van der Waals surface area contributed by atoms with Crippen LogP contribution in [-0.2, 0) is 6.42 Å². The van der Waals surface area contributed by atoms with E-state index in [1.807, 2.05) is 12.1 Å². The lowest BCUT2D eigenvalue weighted by Gasteiger charge is -2.02. The lowest BCUT2D eigenvalue weighted by Crippen LogP contribution is -1.78. The monoisotopic (exact) mass is 200 g/mol. The van der Waals surface area contributed by atoms with E-state index in [4.69, 9.17) is 11.6 Å². The van der Waals surface area contributed by atoms with Gasteiger partial charge in [-0.2, -0.15) is 0 Å². The number of rotatable bonds is 0. The van der Waals surface area contributed by atoms with Crippen molar-refractivity contribution in [1.82, 2.24) is 0 Å². The first-order valence-electron chi connectivity index (χ1n) is 4.72. The van der Waals surface area contributed by atoms with Gasteiger partial charge in [0.1, 0.15) is 0 Å². The summed E-state index contributed by atoms with van der Waals surface area (Å²) in [7, 11) is 0. The highest BCUT2D eigenvalue weighted by molar-refractivity contribution is 6.33. The van der Waals surface area contributed by atoms with Crippen molar-refractivity contribution >= 4 is 11.6 Å². The van der Waals surface area contributed by atoms with Gasteiger partial charge < -0.3 is 0 Å². The molecule has 14 heavy (non-hydrogen) atoms. The minimum atomic E-state index is 0.868. The molecule has 1 aliphatic carbocycles. The number of hydrogen-bond donors (Lipinski definition) is 0. The molecule has 68 valence electrons. The summed E-state index contributed by atoms with van der Waals surface area (Å²) < 4.78 is 0. The van der Waals surface area contributed by atoms with Crippen molar-refractivity contribution < 1.29 is 0 Å². The van der Waals surface area contributed by atoms with Gasteiger partial charge in [0, 0.05) is 10.6 Å². The third-order valence-electron chi connectivity index (χ3n) is 2.77. The second kappa shape index (κ2) is 2.86. The number of hydrogen-bond acceptors (Lipinski definition) is 0. The quantitative estimate of drug-likeness (QED) is 0.516. The summed E-state index contributed by atoms with van der Waals surface area (Å²) in [6.45, 7) is 0. The third-order valence-corrected chi connectivity index (χ3v) is 3.08. The fourth-order valence-electron chi connectivity index (χ4n) is 2.14. The van der Waals surface area contributed by atoms with Crippen molar-refractivity contribution in [1.29, 1.82) is 0 Å². The summed E-state index contributed by atoms with van der Waals surface area (Å²) in [4.78, 5) is 0. The summed E-state index contributed by atoms with van der Waals surface area (Å²) >= 11 is 6.20. The van der Waals surface area contributed by atoms with E-state index >= 15 is 0 Å². The molecule has 0 aromatic heterocycles. The molecule has 0 heterocycles. The summed E-state index contributed by atoms with van der Waals surface area (Å²) in [6, 6.07) is 14.6. The van der Waals surface area contributed by atoms with Gasteiger partial charge in [-0.3, -0.25) is 0 Å². The average molecular weight is 201 g/mol. The van der Waals surface area contributed by atoms with Gasteiger partial charge in [-0.05, 0) is 29.2 Å². The van der Waals surface area contributed by atoms with E-state index in [1.54, 1.807) is 0 Å². The first-order chi connectivity index (χ1) is 6.86. The van der Waals surface area contributed by atoms with Crippen LogP contribution < -0.4 is 0 Å². The highest BCUT2D eigenvalue weighted by atomic mass is 35.5. The Balaban J connectivity index is 2.35. The largest absolute Gasteiger partial charge is 0.0837 e. The lowest BCUT2D eigenvalue weighted by molar-refractivity contribution is 1.26. The molecule has 0 bridgehead atoms. The van der Waals surface area contributed by atoms with Gasteiger partial charge in [-0.15, -0.1) is 0 Å². The topological polar surface area (TPSA) is 0 Å². The SMILES string of the molecule is Clc1cccc2c1-c1ccccc1C2. The Labute approximate surface area is 88.2 Å². The molecule has 0 saturated heterocycles. The molecule has 0 fully saturated rings. The van der Waals surface area contributed by atoms with Gasteiger partial charge in [0.05, 0.1) is 0 Å². The maximum absolute atomic E-state index is 6.20.